The van der Waals surface area contributed by atoms with Crippen LogP contribution in [0.4, 0.5) is 0 Å². The van der Waals surface area contributed by atoms with Crippen molar-refractivity contribution >= 4 is 10.2 Å². The minimum atomic E-state index is -3.36. The third kappa shape index (κ3) is 7.06. The number of hydrogen-bond donors (Lipinski definition) is 2. The van der Waals surface area contributed by atoms with Crippen LogP contribution in [0.1, 0.15) is 33.1 Å². The van der Waals surface area contributed by atoms with E-state index in [0.29, 0.717) is 25.6 Å². The summed E-state index contributed by atoms with van der Waals surface area (Å²) in [7, 11) is 0.528. The lowest BCUT2D eigenvalue weighted by molar-refractivity contribution is 0.255. The predicted molar refractivity (Wildman–Crippen MR) is 87.5 cm³/mol. The van der Waals surface area contributed by atoms with E-state index in [-0.39, 0.29) is 6.04 Å². The van der Waals surface area contributed by atoms with Gasteiger partial charge >= 0.3 is 0 Å². The second-order valence-electron chi connectivity index (χ2n) is 6.36. The molecule has 126 valence electrons. The molecule has 1 rings (SSSR count). The molecule has 0 aliphatic carbocycles. The Morgan fingerprint density at radius 1 is 1.38 bits per heavy atom. The highest BCUT2D eigenvalue weighted by Crippen LogP contribution is 2.18. The van der Waals surface area contributed by atoms with Gasteiger partial charge in [-0.05, 0) is 59.3 Å². The Balaban J connectivity index is 2.49. The molecule has 1 aliphatic rings. The second kappa shape index (κ2) is 9.05. The highest BCUT2D eigenvalue weighted by molar-refractivity contribution is 7.87. The van der Waals surface area contributed by atoms with Crippen molar-refractivity contribution in [1.82, 2.24) is 19.2 Å². The molecule has 1 aliphatic heterocycles. The summed E-state index contributed by atoms with van der Waals surface area (Å²) < 4.78 is 29.3. The molecule has 0 spiro atoms. The van der Waals surface area contributed by atoms with Crippen LogP contribution in [-0.2, 0) is 10.2 Å². The SMILES string of the molecule is CCCNCC1CCCN(S(=O)(=O)NC(C)CN(C)C)C1. The molecule has 1 heterocycles. The molecule has 7 heteroatoms. The summed E-state index contributed by atoms with van der Waals surface area (Å²) in [6.07, 6.45) is 3.16. The van der Waals surface area contributed by atoms with E-state index in [0.717, 1.165) is 32.4 Å². The Morgan fingerprint density at radius 3 is 2.71 bits per heavy atom. The van der Waals surface area contributed by atoms with Gasteiger partial charge in [-0.3, -0.25) is 0 Å². The summed E-state index contributed by atoms with van der Waals surface area (Å²) in [4.78, 5) is 1.99. The maximum atomic E-state index is 12.4. The van der Waals surface area contributed by atoms with Gasteiger partial charge in [0.2, 0.25) is 0 Å². The van der Waals surface area contributed by atoms with Crippen molar-refractivity contribution in [3.05, 3.63) is 0 Å². The van der Waals surface area contributed by atoms with Crippen LogP contribution in [0.25, 0.3) is 0 Å². The van der Waals surface area contributed by atoms with Gasteiger partial charge < -0.3 is 10.2 Å². The topological polar surface area (TPSA) is 64.7 Å². The molecule has 6 nitrogen and oxygen atoms in total. The second-order valence-corrected chi connectivity index (χ2v) is 8.06. The molecule has 21 heavy (non-hydrogen) atoms. The predicted octanol–water partition coefficient (Wildman–Crippen LogP) is 0.483. The van der Waals surface area contributed by atoms with Gasteiger partial charge in [0.1, 0.15) is 0 Å². The van der Waals surface area contributed by atoms with E-state index in [1.807, 2.05) is 25.9 Å². The van der Waals surface area contributed by atoms with E-state index in [2.05, 4.69) is 17.0 Å². The molecular formula is C14H32N4O2S. The number of piperidine rings is 1. The summed E-state index contributed by atoms with van der Waals surface area (Å²) in [5, 5.41) is 3.40. The first-order valence-corrected chi connectivity index (χ1v) is 9.42. The zero-order valence-electron chi connectivity index (χ0n) is 13.9. The Bertz CT molecular complexity index is 386. The first-order chi connectivity index (χ1) is 9.85. The van der Waals surface area contributed by atoms with Crippen molar-refractivity contribution in [2.45, 2.75) is 39.2 Å². The van der Waals surface area contributed by atoms with Crippen molar-refractivity contribution < 1.29 is 8.42 Å². The molecule has 1 fully saturated rings. The van der Waals surface area contributed by atoms with Crippen molar-refractivity contribution in [2.24, 2.45) is 5.92 Å². The first-order valence-electron chi connectivity index (χ1n) is 7.98. The van der Waals surface area contributed by atoms with Crippen LogP contribution >= 0.6 is 0 Å². The van der Waals surface area contributed by atoms with Gasteiger partial charge in [-0.2, -0.15) is 17.4 Å². The van der Waals surface area contributed by atoms with Crippen LogP contribution in [0.5, 0.6) is 0 Å². The van der Waals surface area contributed by atoms with E-state index in [9.17, 15) is 8.42 Å². The molecule has 0 saturated carbocycles. The molecule has 0 amide bonds. The first kappa shape index (κ1) is 18.8. The molecule has 0 aromatic carbocycles. The zero-order chi connectivity index (χ0) is 15.9. The molecule has 0 radical (unpaired) electrons. The van der Waals surface area contributed by atoms with Gasteiger partial charge in [0.05, 0.1) is 0 Å². The van der Waals surface area contributed by atoms with Crippen LogP contribution in [0.2, 0.25) is 0 Å². The quantitative estimate of drug-likeness (QED) is 0.607. The monoisotopic (exact) mass is 320 g/mol. The van der Waals surface area contributed by atoms with Gasteiger partial charge in [-0.25, -0.2) is 0 Å². The average molecular weight is 321 g/mol. The van der Waals surface area contributed by atoms with Crippen LogP contribution < -0.4 is 10.0 Å². The third-order valence-electron chi connectivity index (χ3n) is 3.67. The van der Waals surface area contributed by atoms with Crippen LogP contribution in [-0.4, -0.2) is 70.5 Å². The van der Waals surface area contributed by atoms with Crippen LogP contribution in [0.3, 0.4) is 0 Å². The van der Waals surface area contributed by atoms with Gasteiger partial charge in [0.25, 0.3) is 10.2 Å². The fraction of sp³-hybridized carbons (Fsp3) is 1.00. The highest BCUT2D eigenvalue weighted by Gasteiger charge is 2.29. The number of hydrogen-bond acceptors (Lipinski definition) is 4. The largest absolute Gasteiger partial charge is 0.316 e. The Labute approximate surface area is 130 Å². The lowest BCUT2D eigenvalue weighted by Crippen LogP contribution is -2.51. The Morgan fingerprint density at radius 2 is 2.10 bits per heavy atom. The Hall–Kier alpha value is -0.210. The average Bonchev–Trinajstić information content (AvgIpc) is 2.37. The number of nitrogens with one attached hydrogen (secondary N) is 2. The maximum Gasteiger partial charge on any atom is 0.279 e. The van der Waals surface area contributed by atoms with Gasteiger partial charge in [-0.1, -0.05) is 6.92 Å². The van der Waals surface area contributed by atoms with E-state index >= 15 is 0 Å². The summed E-state index contributed by atoms with van der Waals surface area (Å²) >= 11 is 0. The van der Waals surface area contributed by atoms with E-state index in [4.69, 9.17) is 0 Å². The molecule has 0 aromatic rings. The number of rotatable bonds is 9. The summed E-state index contributed by atoms with van der Waals surface area (Å²) in [6, 6.07) is -0.0800. The maximum absolute atomic E-state index is 12.4. The zero-order valence-corrected chi connectivity index (χ0v) is 14.7. The fourth-order valence-electron chi connectivity index (χ4n) is 2.81. The smallest absolute Gasteiger partial charge is 0.279 e. The van der Waals surface area contributed by atoms with Crippen LogP contribution in [0, 0.1) is 5.92 Å². The summed E-state index contributed by atoms with van der Waals surface area (Å²) in [6.45, 7) is 7.92. The van der Waals surface area contributed by atoms with E-state index < -0.39 is 10.2 Å². The van der Waals surface area contributed by atoms with Crippen molar-refractivity contribution in [2.75, 3.05) is 46.8 Å². The van der Waals surface area contributed by atoms with Gasteiger partial charge in [0.15, 0.2) is 0 Å². The summed E-state index contributed by atoms with van der Waals surface area (Å²) in [5.74, 6) is 0.422. The standard InChI is InChI=1S/C14H32N4O2S/c1-5-8-15-10-14-7-6-9-18(12-14)21(19,20)16-13(2)11-17(3)4/h13-16H,5-12H2,1-4H3. The van der Waals surface area contributed by atoms with Crippen molar-refractivity contribution in [3.8, 4) is 0 Å². The third-order valence-corrected chi connectivity index (χ3v) is 5.38. The molecule has 2 unspecified atom stereocenters. The van der Waals surface area contributed by atoms with Crippen LogP contribution in [0.15, 0.2) is 0 Å². The van der Waals surface area contributed by atoms with E-state index in [1.165, 1.54) is 0 Å². The lowest BCUT2D eigenvalue weighted by Gasteiger charge is -2.33. The van der Waals surface area contributed by atoms with Crippen molar-refractivity contribution in [1.29, 1.82) is 0 Å². The number of likely N-dealkylation sites (N-methyl/N-ethyl adjacent to an activating group) is 1. The minimum Gasteiger partial charge on any atom is -0.316 e. The molecule has 2 atom stereocenters. The molecular weight excluding hydrogens is 288 g/mol. The van der Waals surface area contributed by atoms with E-state index in [1.54, 1.807) is 4.31 Å². The van der Waals surface area contributed by atoms with Crippen molar-refractivity contribution in [3.63, 3.8) is 0 Å². The molecule has 2 N–H and O–H groups in total. The highest BCUT2D eigenvalue weighted by atomic mass is 32.2. The van der Waals surface area contributed by atoms with Gasteiger partial charge in [-0.15, -0.1) is 0 Å². The lowest BCUT2D eigenvalue weighted by atomic mass is 10.00. The summed E-state index contributed by atoms with van der Waals surface area (Å²) in [5.41, 5.74) is 0. The Kier molecular flexibility index (Phi) is 8.12. The fourth-order valence-corrected chi connectivity index (χ4v) is 4.32. The molecule has 0 aromatic heterocycles. The molecule has 0 bridgehead atoms. The minimum absolute atomic E-state index is 0.0800. The normalized spacial score (nSPS) is 22.6. The number of nitrogens with zero attached hydrogens (tertiary/aromatic N) is 2. The molecule has 1 saturated heterocycles. The van der Waals surface area contributed by atoms with Gasteiger partial charge in [0, 0.05) is 25.7 Å².